The molecule has 0 aliphatic heterocycles. The summed E-state index contributed by atoms with van der Waals surface area (Å²) in [5.74, 6) is 0. The summed E-state index contributed by atoms with van der Waals surface area (Å²) < 4.78 is 0. The van der Waals surface area contributed by atoms with Crippen LogP contribution in [0.5, 0.6) is 0 Å². The van der Waals surface area contributed by atoms with E-state index in [4.69, 9.17) is 11.6 Å². The standard InChI is InChI=1S/C3H4Cl/c4-3-1-2-3/h1-2H2. The van der Waals surface area contributed by atoms with Crippen LogP contribution in [0.15, 0.2) is 0 Å². The van der Waals surface area contributed by atoms with Crippen LogP contribution in [0.3, 0.4) is 0 Å². The Morgan fingerprint density at radius 3 is 1.75 bits per heavy atom. The molecule has 1 saturated carbocycles. The number of hydrogen-bond acceptors (Lipinski definition) is 0. The lowest BCUT2D eigenvalue weighted by molar-refractivity contribution is 1.50. The van der Waals surface area contributed by atoms with E-state index in [2.05, 4.69) is 0 Å². The molecular formula is C3H4Cl. The van der Waals surface area contributed by atoms with E-state index >= 15 is 0 Å². The molecular weight excluding hydrogens is 71.5 g/mol. The van der Waals surface area contributed by atoms with Crippen molar-refractivity contribution in [1.82, 2.24) is 0 Å². The van der Waals surface area contributed by atoms with Gasteiger partial charge in [-0.3, -0.25) is 0 Å². The molecule has 1 rings (SSSR count). The topological polar surface area (TPSA) is 0 Å². The Kier molecular flexibility index (Phi) is 0.389. The maximum Gasteiger partial charge on any atom is 0.0639 e. The molecule has 0 aromatic carbocycles. The van der Waals surface area contributed by atoms with Gasteiger partial charge in [0.1, 0.15) is 0 Å². The average molecular weight is 75.5 g/mol. The molecule has 0 bridgehead atoms. The number of hydrogen-bond donors (Lipinski definition) is 0. The van der Waals surface area contributed by atoms with E-state index in [1.807, 2.05) is 0 Å². The van der Waals surface area contributed by atoms with Gasteiger partial charge in [-0.15, -0.1) is 11.6 Å². The predicted octanol–water partition coefficient (Wildman–Crippen LogP) is 1.55. The van der Waals surface area contributed by atoms with Gasteiger partial charge in [0.15, 0.2) is 0 Å². The molecule has 23 valence electrons. The molecule has 0 saturated heterocycles. The van der Waals surface area contributed by atoms with Crippen molar-refractivity contribution in [2.45, 2.75) is 12.8 Å². The fourth-order valence-corrected chi connectivity index (χ4v) is 0.142. The van der Waals surface area contributed by atoms with E-state index < -0.39 is 0 Å². The monoisotopic (exact) mass is 75.0 g/mol. The summed E-state index contributed by atoms with van der Waals surface area (Å²) in [6.07, 6.45) is 2.34. The summed E-state index contributed by atoms with van der Waals surface area (Å²) in [5.41, 5.74) is 0. The minimum absolute atomic E-state index is 1.14. The Morgan fingerprint density at radius 1 is 1.50 bits per heavy atom. The predicted molar refractivity (Wildman–Crippen MR) is 18.3 cm³/mol. The van der Waals surface area contributed by atoms with Crippen molar-refractivity contribution in [2.24, 2.45) is 0 Å². The summed E-state index contributed by atoms with van der Waals surface area (Å²) in [6, 6.07) is 0. The fraction of sp³-hybridized carbons (Fsp3) is 0.667. The molecule has 0 unspecified atom stereocenters. The van der Waals surface area contributed by atoms with Crippen LogP contribution in [-0.4, -0.2) is 0 Å². The van der Waals surface area contributed by atoms with Crippen LogP contribution in [0.1, 0.15) is 12.8 Å². The first-order valence-corrected chi connectivity index (χ1v) is 1.77. The van der Waals surface area contributed by atoms with Crippen molar-refractivity contribution >= 4 is 11.6 Å². The van der Waals surface area contributed by atoms with Gasteiger partial charge >= 0.3 is 0 Å². The van der Waals surface area contributed by atoms with E-state index in [9.17, 15) is 0 Å². The lowest BCUT2D eigenvalue weighted by atomic mass is 11.0. The third-order valence-electron chi connectivity index (χ3n) is 0.439. The van der Waals surface area contributed by atoms with Crippen LogP contribution in [0.25, 0.3) is 0 Å². The Hall–Kier alpha value is 0.290. The Labute approximate surface area is 30.8 Å². The van der Waals surface area contributed by atoms with E-state index in [0.29, 0.717) is 0 Å². The van der Waals surface area contributed by atoms with Gasteiger partial charge in [-0.2, -0.15) is 0 Å². The zero-order chi connectivity index (χ0) is 2.99. The fourth-order valence-electron chi connectivity index (χ4n) is 0.0472. The molecule has 0 spiro atoms. The van der Waals surface area contributed by atoms with Gasteiger partial charge in [0.2, 0.25) is 0 Å². The van der Waals surface area contributed by atoms with Gasteiger partial charge < -0.3 is 0 Å². The summed E-state index contributed by atoms with van der Waals surface area (Å²) in [5, 5.41) is 1.14. The van der Waals surface area contributed by atoms with Gasteiger partial charge in [0.05, 0.1) is 5.38 Å². The second-order valence-corrected chi connectivity index (χ2v) is 1.55. The van der Waals surface area contributed by atoms with Gasteiger partial charge in [0.25, 0.3) is 0 Å². The molecule has 0 atom stereocenters. The van der Waals surface area contributed by atoms with Crippen molar-refractivity contribution in [3.8, 4) is 0 Å². The first-order valence-electron chi connectivity index (χ1n) is 1.40. The molecule has 0 nitrogen and oxygen atoms in total. The van der Waals surface area contributed by atoms with Crippen LogP contribution in [0, 0.1) is 5.38 Å². The third kappa shape index (κ3) is 0.352. The van der Waals surface area contributed by atoms with Crippen molar-refractivity contribution in [3.05, 3.63) is 5.38 Å². The first kappa shape index (κ1) is 2.52. The Bertz CT molecular complexity index is 22.5. The van der Waals surface area contributed by atoms with E-state index in [0.717, 1.165) is 5.38 Å². The van der Waals surface area contributed by atoms with Crippen molar-refractivity contribution in [2.75, 3.05) is 0 Å². The highest BCUT2D eigenvalue weighted by atomic mass is 35.5. The lowest BCUT2D eigenvalue weighted by Crippen LogP contribution is -1.26. The lowest BCUT2D eigenvalue weighted by Gasteiger charge is -1.48. The van der Waals surface area contributed by atoms with Gasteiger partial charge in [-0.05, 0) is 12.8 Å². The van der Waals surface area contributed by atoms with Crippen molar-refractivity contribution in [3.63, 3.8) is 0 Å². The summed E-state index contributed by atoms with van der Waals surface area (Å²) in [7, 11) is 0. The molecule has 1 heteroatoms. The smallest absolute Gasteiger partial charge is 0.0639 e. The zero-order valence-corrected chi connectivity index (χ0v) is 3.05. The number of rotatable bonds is 0. The molecule has 0 aromatic heterocycles. The largest absolute Gasteiger partial charge is 0.117 e. The zero-order valence-electron chi connectivity index (χ0n) is 2.29. The SMILES string of the molecule is Cl[C]1CC1. The summed E-state index contributed by atoms with van der Waals surface area (Å²) >= 11 is 5.30. The summed E-state index contributed by atoms with van der Waals surface area (Å²) in [6.45, 7) is 0. The second-order valence-electron chi connectivity index (χ2n) is 1.02. The molecule has 0 heterocycles. The average Bonchev–Trinajstić information content (AvgIpc) is 1.75. The van der Waals surface area contributed by atoms with E-state index in [1.165, 1.54) is 12.8 Å². The molecule has 0 N–H and O–H groups in total. The van der Waals surface area contributed by atoms with Crippen LogP contribution >= 0.6 is 11.6 Å². The maximum absolute atomic E-state index is 5.30. The van der Waals surface area contributed by atoms with E-state index in [-0.39, 0.29) is 0 Å². The Morgan fingerprint density at radius 2 is 1.75 bits per heavy atom. The molecule has 1 fully saturated rings. The normalized spacial score (nSPS) is 26.2. The second kappa shape index (κ2) is 0.617. The summed E-state index contributed by atoms with van der Waals surface area (Å²) in [4.78, 5) is 0. The van der Waals surface area contributed by atoms with Crippen molar-refractivity contribution in [1.29, 1.82) is 0 Å². The molecule has 4 heavy (non-hydrogen) atoms. The van der Waals surface area contributed by atoms with Crippen LogP contribution in [0.4, 0.5) is 0 Å². The molecule has 1 radical (unpaired) electrons. The van der Waals surface area contributed by atoms with Crippen LogP contribution in [0.2, 0.25) is 0 Å². The highest BCUT2D eigenvalue weighted by Gasteiger charge is 2.17. The van der Waals surface area contributed by atoms with E-state index in [1.54, 1.807) is 0 Å². The highest BCUT2D eigenvalue weighted by Crippen LogP contribution is 2.35. The Balaban J connectivity index is 2.17. The maximum atomic E-state index is 5.30. The van der Waals surface area contributed by atoms with Gasteiger partial charge in [0, 0.05) is 0 Å². The molecule has 1 aliphatic rings. The first-order chi connectivity index (χ1) is 1.89. The third-order valence-corrected chi connectivity index (χ3v) is 0.817. The quantitative estimate of drug-likeness (QED) is 0.410. The van der Waals surface area contributed by atoms with Gasteiger partial charge in [-0.1, -0.05) is 0 Å². The van der Waals surface area contributed by atoms with Crippen LogP contribution < -0.4 is 0 Å². The van der Waals surface area contributed by atoms with Gasteiger partial charge in [-0.25, -0.2) is 0 Å². The minimum atomic E-state index is 1.14. The molecule has 0 amide bonds. The molecule has 0 aromatic rings. The number of halogens is 1. The highest BCUT2D eigenvalue weighted by molar-refractivity contribution is 6.28. The molecule has 1 aliphatic carbocycles. The minimum Gasteiger partial charge on any atom is -0.117 e. The van der Waals surface area contributed by atoms with Crippen LogP contribution in [-0.2, 0) is 0 Å². The van der Waals surface area contributed by atoms with Crippen molar-refractivity contribution < 1.29 is 0 Å².